The standard InChI is InChI=1S/C13H13N3OS/c1-9(13-15-5-6-18-13)16-12-7-11(17-2)4-3-10(12)8-14/h3-7,9,16H,1-2H3. The number of hydrogen-bond acceptors (Lipinski definition) is 5. The van der Waals surface area contributed by atoms with Gasteiger partial charge in [-0.2, -0.15) is 5.26 Å². The molecule has 0 aliphatic rings. The van der Waals surface area contributed by atoms with Crippen LogP contribution in [-0.2, 0) is 0 Å². The summed E-state index contributed by atoms with van der Waals surface area (Å²) in [5, 5.41) is 15.3. The summed E-state index contributed by atoms with van der Waals surface area (Å²) in [5.74, 6) is 0.725. The monoisotopic (exact) mass is 259 g/mol. The first-order chi connectivity index (χ1) is 8.74. The van der Waals surface area contributed by atoms with Crippen molar-refractivity contribution < 1.29 is 4.74 Å². The van der Waals surface area contributed by atoms with E-state index in [2.05, 4.69) is 16.4 Å². The van der Waals surface area contributed by atoms with Crippen molar-refractivity contribution in [3.63, 3.8) is 0 Å². The van der Waals surface area contributed by atoms with Gasteiger partial charge < -0.3 is 10.1 Å². The molecule has 0 aliphatic carbocycles. The summed E-state index contributed by atoms with van der Waals surface area (Å²) in [6.07, 6.45) is 1.77. The zero-order valence-electron chi connectivity index (χ0n) is 10.2. The maximum atomic E-state index is 9.08. The van der Waals surface area contributed by atoms with Gasteiger partial charge in [-0.25, -0.2) is 4.98 Å². The van der Waals surface area contributed by atoms with Crippen molar-refractivity contribution in [1.29, 1.82) is 5.26 Å². The molecule has 0 fully saturated rings. The fourth-order valence-electron chi connectivity index (χ4n) is 1.61. The van der Waals surface area contributed by atoms with Crippen LogP contribution in [0.3, 0.4) is 0 Å². The Hall–Kier alpha value is -2.06. The van der Waals surface area contributed by atoms with Crippen LogP contribution in [0.25, 0.3) is 0 Å². The van der Waals surface area contributed by atoms with Gasteiger partial charge in [-0.3, -0.25) is 0 Å². The van der Waals surface area contributed by atoms with Crippen LogP contribution < -0.4 is 10.1 Å². The first-order valence-electron chi connectivity index (χ1n) is 5.48. The van der Waals surface area contributed by atoms with Gasteiger partial charge in [0.2, 0.25) is 0 Å². The molecule has 1 N–H and O–H groups in total. The number of methoxy groups -OCH3 is 1. The number of nitriles is 1. The van der Waals surface area contributed by atoms with E-state index in [9.17, 15) is 0 Å². The Bertz CT molecular complexity index is 560. The molecule has 0 saturated heterocycles. The highest BCUT2D eigenvalue weighted by atomic mass is 32.1. The molecular formula is C13H13N3OS. The van der Waals surface area contributed by atoms with Gasteiger partial charge in [0.1, 0.15) is 16.8 Å². The van der Waals surface area contributed by atoms with Gasteiger partial charge in [-0.15, -0.1) is 11.3 Å². The molecule has 0 bridgehead atoms. The van der Waals surface area contributed by atoms with E-state index in [1.807, 2.05) is 18.4 Å². The third kappa shape index (κ3) is 2.60. The van der Waals surface area contributed by atoms with Crippen LogP contribution in [0, 0.1) is 11.3 Å². The van der Waals surface area contributed by atoms with E-state index in [4.69, 9.17) is 10.00 Å². The van der Waals surface area contributed by atoms with Gasteiger partial charge in [0.05, 0.1) is 24.4 Å². The number of thiazole rings is 1. The van der Waals surface area contributed by atoms with E-state index in [-0.39, 0.29) is 6.04 Å². The SMILES string of the molecule is COc1ccc(C#N)c(NC(C)c2nccs2)c1. The number of aromatic nitrogens is 1. The molecule has 0 spiro atoms. The van der Waals surface area contributed by atoms with Crippen molar-refractivity contribution in [2.24, 2.45) is 0 Å². The predicted octanol–water partition coefficient (Wildman–Crippen LogP) is 3.20. The van der Waals surface area contributed by atoms with Gasteiger partial charge in [-0.1, -0.05) is 0 Å². The first-order valence-corrected chi connectivity index (χ1v) is 6.36. The molecule has 4 nitrogen and oxygen atoms in total. The largest absolute Gasteiger partial charge is 0.497 e. The number of rotatable bonds is 4. The van der Waals surface area contributed by atoms with E-state index < -0.39 is 0 Å². The molecule has 18 heavy (non-hydrogen) atoms. The number of ether oxygens (including phenoxy) is 1. The minimum atomic E-state index is 0.0595. The number of nitrogens with one attached hydrogen (secondary N) is 1. The Morgan fingerprint density at radius 3 is 2.94 bits per heavy atom. The van der Waals surface area contributed by atoms with Crippen molar-refractivity contribution in [2.75, 3.05) is 12.4 Å². The summed E-state index contributed by atoms with van der Waals surface area (Å²) in [6.45, 7) is 2.01. The normalized spacial score (nSPS) is 11.6. The van der Waals surface area contributed by atoms with Crippen LogP contribution in [0.2, 0.25) is 0 Å². The highest BCUT2D eigenvalue weighted by Crippen LogP contribution is 2.26. The molecule has 5 heteroatoms. The molecule has 0 aliphatic heterocycles. The lowest BCUT2D eigenvalue weighted by atomic mass is 10.1. The summed E-state index contributed by atoms with van der Waals surface area (Å²) in [7, 11) is 1.61. The highest BCUT2D eigenvalue weighted by Gasteiger charge is 2.11. The van der Waals surface area contributed by atoms with Crippen LogP contribution in [0.15, 0.2) is 29.8 Å². The Labute approximate surface area is 110 Å². The topological polar surface area (TPSA) is 57.9 Å². The molecule has 92 valence electrons. The maximum absolute atomic E-state index is 9.08. The lowest BCUT2D eigenvalue weighted by Crippen LogP contribution is -2.07. The summed E-state index contributed by atoms with van der Waals surface area (Å²) in [4.78, 5) is 4.25. The quantitative estimate of drug-likeness (QED) is 0.916. The fourth-order valence-corrected chi connectivity index (χ4v) is 2.26. The third-order valence-electron chi connectivity index (χ3n) is 2.54. The summed E-state index contributed by atoms with van der Waals surface area (Å²) in [6, 6.07) is 7.57. The van der Waals surface area contributed by atoms with E-state index >= 15 is 0 Å². The van der Waals surface area contributed by atoms with Crippen LogP contribution in [0.1, 0.15) is 23.5 Å². The molecule has 2 rings (SSSR count). The summed E-state index contributed by atoms with van der Waals surface area (Å²) in [5.41, 5.74) is 1.36. The van der Waals surface area contributed by atoms with Crippen molar-refractivity contribution in [3.05, 3.63) is 40.3 Å². The Morgan fingerprint density at radius 2 is 2.33 bits per heavy atom. The average molecular weight is 259 g/mol. The van der Waals surface area contributed by atoms with Crippen LogP contribution in [-0.4, -0.2) is 12.1 Å². The number of anilines is 1. The molecule has 1 aromatic carbocycles. The maximum Gasteiger partial charge on any atom is 0.121 e. The Balaban J connectivity index is 2.25. The average Bonchev–Trinajstić information content (AvgIpc) is 2.92. The van der Waals surface area contributed by atoms with Crippen molar-refractivity contribution in [3.8, 4) is 11.8 Å². The van der Waals surface area contributed by atoms with E-state index in [0.29, 0.717) is 5.56 Å². The Morgan fingerprint density at radius 1 is 1.50 bits per heavy atom. The van der Waals surface area contributed by atoms with Gasteiger partial charge in [0.25, 0.3) is 0 Å². The molecule has 1 unspecified atom stereocenters. The van der Waals surface area contributed by atoms with Crippen LogP contribution in [0.4, 0.5) is 5.69 Å². The van der Waals surface area contributed by atoms with E-state index in [1.54, 1.807) is 36.8 Å². The number of hydrogen-bond donors (Lipinski definition) is 1. The Kier molecular flexibility index (Phi) is 3.80. The summed E-state index contributed by atoms with van der Waals surface area (Å²) >= 11 is 1.59. The minimum absolute atomic E-state index is 0.0595. The smallest absolute Gasteiger partial charge is 0.121 e. The molecule has 2 aromatic rings. The molecule has 0 amide bonds. The van der Waals surface area contributed by atoms with Crippen molar-refractivity contribution in [2.45, 2.75) is 13.0 Å². The molecule has 0 saturated carbocycles. The molecule has 1 atom stereocenters. The minimum Gasteiger partial charge on any atom is -0.497 e. The van der Waals surface area contributed by atoms with Crippen molar-refractivity contribution >= 4 is 17.0 Å². The number of benzene rings is 1. The molecular weight excluding hydrogens is 246 g/mol. The van der Waals surface area contributed by atoms with E-state index in [1.165, 1.54) is 0 Å². The third-order valence-corrected chi connectivity index (χ3v) is 3.50. The number of nitrogens with zero attached hydrogens (tertiary/aromatic N) is 2. The second-order valence-corrected chi connectivity index (χ2v) is 4.69. The lowest BCUT2D eigenvalue weighted by molar-refractivity contribution is 0.415. The molecule has 1 heterocycles. The van der Waals surface area contributed by atoms with Gasteiger partial charge in [0.15, 0.2) is 0 Å². The zero-order chi connectivity index (χ0) is 13.0. The fraction of sp³-hybridized carbons (Fsp3) is 0.231. The zero-order valence-corrected chi connectivity index (χ0v) is 11.0. The molecule has 0 radical (unpaired) electrons. The summed E-state index contributed by atoms with van der Waals surface area (Å²) < 4.78 is 5.16. The first kappa shape index (κ1) is 12.4. The van der Waals surface area contributed by atoms with Gasteiger partial charge in [0, 0.05) is 17.6 Å². The second kappa shape index (κ2) is 5.52. The predicted molar refractivity (Wildman–Crippen MR) is 71.9 cm³/mol. The van der Waals surface area contributed by atoms with Gasteiger partial charge in [-0.05, 0) is 19.1 Å². The lowest BCUT2D eigenvalue weighted by Gasteiger charge is -2.14. The van der Waals surface area contributed by atoms with Crippen LogP contribution >= 0.6 is 11.3 Å². The van der Waals surface area contributed by atoms with Crippen LogP contribution in [0.5, 0.6) is 5.75 Å². The molecule has 1 aromatic heterocycles. The van der Waals surface area contributed by atoms with Crippen molar-refractivity contribution in [1.82, 2.24) is 4.98 Å². The highest BCUT2D eigenvalue weighted by molar-refractivity contribution is 7.09. The van der Waals surface area contributed by atoms with Gasteiger partial charge >= 0.3 is 0 Å². The second-order valence-electron chi connectivity index (χ2n) is 3.76. The van der Waals surface area contributed by atoms with E-state index in [0.717, 1.165) is 16.4 Å².